The van der Waals surface area contributed by atoms with Crippen molar-refractivity contribution in [1.82, 2.24) is 10.6 Å². The number of guanidine groups is 1. The van der Waals surface area contributed by atoms with Gasteiger partial charge in [-0.1, -0.05) is 35.9 Å². The third-order valence-corrected chi connectivity index (χ3v) is 4.20. The van der Waals surface area contributed by atoms with E-state index in [2.05, 4.69) is 15.6 Å². The molecule has 2 aromatic rings. The zero-order valence-corrected chi connectivity index (χ0v) is 18.9. The molecule has 148 valence electrons. The van der Waals surface area contributed by atoms with Crippen molar-refractivity contribution in [2.24, 2.45) is 4.99 Å². The number of aliphatic imine (C=N–C) groups is 1. The molecule has 27 heavy (non-hydrogen) atoms. The smallest absolute Gasteiger partial charge is 0.191 e. The number of aliphatic hydroxyl groups excluding tert-OH is 1. The lowest BCUT2D eigenvalue weighted by Gasteiger charge is -2.19. The van der Waals surface area contributed by atoms with Gasteiger partial charge in [0, 0.05) is 11.6 Å². The van der Waals surface area contributed by atoms with E-state index in [1.807, 2.05) is 62.4 Å². The van der Waals surface area contributed by atoms with E-state index in [9.17, 15) is 5.11 Å². The van der Waals surface area contributed by atoms with Gasteiger partial charge in [0.1, 0.15) is 5.75 Å². The van der Waals surface area contributed by atoms with Crippen molar-refractivity contribution >= 4 is 41.5 Å². The van der Waals surface area contributed by atoms with E-state index >= 15 is 0 Å². The molecule has 0 amide bonds. The van der Waals surface area contributed by atoms with E-state index in [-0.39, 0.29) is 36.6 Å². The number of hydrogen-bond donors (Lipinski definition) is 3. The summed E-state index contributed by atoms with van der Waals surface area (Å²) in [7, 11) is 1.62. The van der Waals surface area contributed by atoms with Gasteiger partial charge in [0.2, 0.25) is 0 Å². The van der Waals surface area contributed by atoms with Gasteiger partial charge in [0.15, 0.2) is 5.96 Å². The van der Waals surface area contributed by atoms with Crippen LogP contribution in [0.4, 0.5) is 0 Å². The zero-order valence-electron chi connectivity index (χ0n) is 15.8. The van der Waals surface area contributed by atoms with Crippen LogP contribution in [0.25, 0.3) is 0 Å². The van der Waals surface area contributed by atoms with Crippen LogP contribution >= 0.6 is 35.6 Å². The van der Waals surface area contributed by atoms with Crippen molar-refractivity contribution in [2.45, 2.75) is 26.0 Å². The molecule has 7 heteroatoms. The monoisotopic (exact) mass is 503 g/mol. The normalized spacial score (nSPS) is 13.3. The molecular weight excluding hydrogens is 477 g/mol. The standard InChI is InChI=1S/C20H26ClN3O2.HI/c1-4-22-20(24-14(2)16-6-5-7-17(21)12-16)23-13-19(25)15-8-10-18(26-3)11-9-15;/h5-12,14,19,25H,4,13H2,1-3H3,(H2,22,23,24);1H. The molecule has 0 aliphatic heterocycles. The molecule has 0 aliphatic carbocycles. The number of hydrogen-bond acceptors (Lipinski definition) is 3. The maximum absolute atomic E-state index is 10.4. The van der Waals surface area contributed by atoms with Gasteiger partial charge in [0.05, 0.1) is 25.8 Å². The quantitative estimate of drug-likeness (QED) is 0.299. The molecule has 2 atom stereocenters. The van der Waals surface area contributed by atoms with Crippen molar-refractivity contribution in [3.63, 3.8) is 0 Å². The van der Waals surface area contributed by atoms with Crippen molar-refractivity contribution in [3.8, 4) is 5.75 Å². The second-order valence-electron chi connectivity index (χ2n) is 5.93. The molecule has 0 spiro atoms. The SMILES string of the molecule is CCNC(=NCC(O)c1ccc(OC)cc1)NC(C)c1cccc(Cl)c1.I. The lowest BCUT2D eigenvalue weighted by Crippen LogP contribution is -2.39. The van der Waals surface area contributed by atoms with E-state index in [1.54, 1.807) is 7.11 Å². The largest absolute Gasteiger partial charge is 0.497 e. The highest BCUT2D eigenvalue weighted by Crippen LogP contribution is 2.19. The predicted molar refractivity (Wildman–Crippen MR) is 122 cm³/mol. The van der Waals surface area contributed by atoms with Crippen LogP contribution in [0.2, 0.25) is 5.02 Å². The van der Waals surface area contributed by atoms with Crippen LogP contribution in [0.1, 0.15) is 37.1 Å². The molecule has 0 aromatic heterocycles. The topological polar surface area (TPSA) is 65.9 Å². The molecule has 2 aromatic carbocycles. The summed E-state index contributed by atoms with van der Waals surface area (Å²) in [5, 5.41) is 17.6. The molecule has 3 N–H and O–H groups in total. The number of benzene rings is 2. The van der Waals surface area contributed by atoms with E-state index in [1.165, 1.54) is 0 Å². The van der Waals surface area contributed by atoms with Gasteiger partial charge < -0.3 is 20.5 Å². The Balaban J connectivity index is 0.00000364. The average Bonchev–Trinajstić information content (AvgIpc) is 2.66. The Labute approximate surface area is 183 Å². The Kier molecular flexibility index (Phi) is 10.5. The summed E-state index contributed by atoms with van der Waals surface area (Å²) in [6, 6.07) is 15.1. The van der Waals surface area contributed by atoms with Gasteiger partial charge in [-0.25, -0.2) is 0 Å². The maximum atomic E-state index is 10.4. The third kappa shape index (κ3) is 7.56. The van der Waals surface area contributed by atoms with Gasteiger partial charge in [-0.15, -0.1) is 24.0 Å². The van der Waals surface area contributed by atoms with Crippen LogP contribution in [-0.2, 0) is 0 Å². The summed E-state index contributed by atoms with van der Waals surface area (Å²) in [4.78, 5) is 4.50. The van der Waals surface area contributed by atoms with Gasteiger partial charge >= 0.3 is 0 Å². The lowest BCUT2D eigenvalue weighted by atomic mass is 10.1. The van der Waals surface area contributed by atoms with Crippen LogP contribution in [0.5, 0.6) is 5.75 Å². The van der Waals surface area contributed by atoms with Gasteiger partial charge in [-0.3, -0.25) is 4.99 Å². The highest BCUT2D eigenvalue weighted by molar-refractivity contribution is 14.0. The first-order valence-electron chi connectivity index (χ1n) is 8.65. The van der Waals surface area contributed by atoms with Gasteiger partial charge in [-0.05, 0) is 49.2 Å². The summed E-state index contributed by atoms with van der Waals surface area (Å²) in [5.41, 5.74) is 1.87. The minimum atomic E-state index is -0.683. The molecule has 0 aliphatic rings. The molecule has 0 saturated heterocycles. The molecule has 5 nitrogen and oxygen atoms in total. The zero-order chi connectivity index (χ0) is 18.9. The third-order valence-electron chi connectivity index (χ3n) is 3.97. The van der Waals surface area contributed by atoms with Crippen LogP contribution in [0.15, 0.2) is 53.5 Å². The van der Waals surface area contributed by atoms with Crippen LogP contribution in [0.3, 0.4) is 0 Å². The first kappa shape index (κ1) is 23.5. The molecule has 0 saturated carbocycles. The Morgan fingerprint density at radius 2 is 1.89 bits per heavy atom. The Hall–Kier alpha value is -1.51. The van der Waals surface area contributed by atoms with Crippen LogP contribution in [-0.4, -0.2) is 31.3 Å². The number of methoxy groups -OCH3 is 1. The van der Waals surface area contributed by atoms with E-state index in [4.69, 9.17) is 16.3 Å². The van der Waals surface area contributed by atoms with E-state index < -0.39 is 6.10 Å². The minimum absolute atomic E-state index is 0. The summed E-state index contributed by atoms with van der Waals surface area (Å²) in [5.74, 6) is 1.40. The summed E-state index contributed by atoms with van der Waals surface area (Å²) < 4.78 is 5.13. The lowest BCUT2D eigenvalue weighted by molar-refractivity contribution is 0.187. The van der Waals surface area contributed by atoms with Crippen LogP contribution < -0.4 is 15.4 Å². The average molecular weight is 504 g/mol. The number of rotatable bonds is 7. The second-order valence-corrected chi connectivity index (χ2v) is 6.37. The number of aliphatic hydroxyl groups is 1. The Bertz CT molecular complexity index is 725. The van der Waals surface area contributed by atoms with Gasteiger partial charge in [-0.2, -0.15) is 0 Å². The Morgan fingerprint density at radius 3 is 2.48 bits per heavy atom. The summed E-state index contributed by atoms with van der Waals surface area (Å²) >= 11 is 6.06. The number of nitrogens with zero attached hydrogens (tertiary/aromatic N) is 1. The number of nitrogens with one attached hydrogen (secondary N) is 2. The second kappa shape index (κ2) is 12.0. The fraction of sp³-hybridized carbons (Fsp3) is 0.350. The molecule has 2 rings (SSSR count). The number of halogens is 2. The summed E-state index contributed by atoms with van der Waals surface area (Å²) in [6.45, 7) is 5.02. The highest BCUT2D eigenvalue weighted by Gasteiger charge is 2.11. The van der Waals surface area contributed by atoms with Crippen LogP contribution in [0, 0.1) is 0 Å². The molecule has 0 fully saturated rings. The van der Waals surface area contributed by atoms with Crippen molar-refractivity contribution in [1.29, 1.82) is 0 Å². The first-order valence-corrected chi connectivity index (χ1v) is 9.03. The molecule has 0 heterocycles. The number of ether oxygens (including phenoxy) is 1. The first-order chi connectivity index (χ1) is 12.5. The minimum Gasteiger partial charge on any atom is -0.497 e. The Morgan fingerprint density at radius 1 is 1.19 bits per heavy atom. The predicted octanol–water partition coefficient (Wildman–Crippen LogP) is 4.32. The van der Waals surface area contributed by atoms with E-state index in [0.29, 0.717) is 11.0 Å². The fourth-order valence-electron chi connectivity index (χ4n) is 2.49. The summed E-state index contributed by atoms with van der Waals surface area (Å²) in [6.07, 6.45) is -0.683. The van der Waals surface area contributed by atoms with Crippen molar-refractivity contribution in [2.75, 3.05) is 20.2 Å². The fourth-order valence-corrected chi connectivity index (χ4v) is 2.69. The molecule has 2 unspecified atom stereocenters. The molecule has 0 radical (unpaired) electrons. The van der Waals surface area contributed by atoms with E-state index in [0.717, 1.165) is 23.4 Å². The molecular formula is C20H27ClIN3O2. The van der Waals surface area contributed by atoms with Gasteiger partial charge in [0.25, 0.3) is 0 Å². The maximum Gasteiger partial charge on any atom is 0.191 e. The molecule has 0 bridgehead atoms. The highest BCUT2D eigenvalue weighted by atomic mass is 127. The van der Waals surface area contributed by atoms with Crippen molar-refractivity contribution in [3.05, 3.63) is 64.7 Å². The van der Waals surface area contributed by atoms with Crippen molar-refractivity contribution < 1.29 is 9.84 Å².